The lowest BCUT2D eigenvalue weighted by Crippen LogP contribution is -1.98. The average molecular weight is 198 g/mol. The molecule has 70 valence electrons. The van der Waals surface area contributed by atoms with Crippen LogP contribution < -0.4 is 0 Å². The van der Waals surface area contributed by atoms with Gasteiger partial charge in [-0.25, -0.2) is 4.79 Å². The zero-order valence-corrected chi connectivity index (χ0v) is 8.00. The van der Waals surface area contributed by atoms with Gasteiger partial charge < -0.3 is 9.84 Å². The third-order valence-corrected chi connectivity index (χ3v) is 2.47. The second-order valence-corrected chi connectivity index (χ2v) is 3.32. The Morgan fingerprint density at radius 3 is 2.85 bits per heavy atom. The number of rotatable bonds is 4. The average Bonchev–Trinajstić information content (AvgIpc) is 2.15. The summed E-state index contributed by atoms with van der Waals surface area (Å²) in [6, 6.07) is 6.87. The molecule has 0 spiro atoms. The number of methoxy groups -OCH3 is 1. The van der Waals surface area contributed by atoms with E-state index in [1.807, 2.05) is 6.07 Å². The maximum absolute atomic E-state index is 10.7. The van der Waals surface area contributed by atoms with Gasteiger partial charge in [0.1, 0.15) is 0 Å². The van der Waals surface area contributed by atoms with E-state index in [1.54, 1.807) is 25.3 Å². The van der Waals surface area contributed by atoms with E-state index in [0.29, 0.717) is 11.5 Å². The maximum atomic E-state index is 10.7. The smallest absolute Gasteiger partial charge is 0.336 e. The van der Waals surface area contributed by atoms with Gasteiger partial charge in [0, 0.05) is 12.0 Å². The Balaban J connectivity index is 2.84. The summed E-state index contributed by atoms with van der Waals surface area (Å²) in [5, 5.41) is 8.81. The van der Waals surface area contributed by atoms with Crippen LogP contribution in [-0.2, 0) is 4.74 Å². The van der Waals surface area contributed by atoms with Crippen molar-refractivity contribution < 1.29 is 14.6 Å². The minimum atomic E-state index is -0.904. The van der Waals surface area contributed by atoms with Gasteiger partial charge in [0.2, 0.25) is 0 Å². The molecule has 0 aliphatic carbocycles. The number of carbonyl (C=O) groups is 1. The van der Waals surface area contributed by atoms with E-state index in [4.69, 9.17) is 9.84 Å². The Labute approximate surface area is 80.7 Å². The van der Waals surface area contributed by atoms with E-state index in [9.17, 15) is 4.79 Å². The van der Waals surface area contributed by atoms with E-state index in [2.05, 4.69) is 0 Å². The first-order valence-corrected chi connectivity index (χ1v) is 4.68. The lowest BCUT2D eigenvalue weighted by Gasteiger charge is -2.03. The summed E-state index contributed by atoms with van der Waals surface area (Å²) >= 11 is 1.37. The molecule has 4 heteroatoms. The van der Waals surface area contributed by atoms with Crippen molar-refractivity contribution >= 4 is 17.7 Å². The molecule has 13 heavy (non-hydrogen) atoms. The number of aromatic carboxylic acids is 1. The van der Waals surface area contributed by atoms with Gasteiger partial charge in [-0.15, -0.1) is 0 Å². The molecule has 0 saturated heterocycles. The second-order valence-electron chi connectivity index (χ2n) is 2.35. The van der Waals surface area contributed by atoms with E-state index in [1.165, 1.54) is 11.8 Å². The molecule has 1 rings (SSSR count). The fourth-order valence-corrected chi connectivity index (χ4v) is 1.62. The summed E-state index contributed by atoms with van der Waals surface area (Å²) < 4.78 is 4.85. The number of carboxylic acid groups (broad SMARTS) is 1. The molecule has 1 N–H and O–H groups in total. The molecule has 0 unspecified atom stereocenters. The molecule has 0 aromatic heterocycles. The number of thioether (sulfide) groups is 1. The van der Waals surface area contributed by atoms with Crippen LogP contribution in [-0.4, -0.2) is 24.1 Å². The SMILES string of the molecule is COCSc1ccccc1C(=O)O. The lowest BCUT2D eigenvalue weighted by atomic mass is 10.2. The van der Waals surface area contributed by atoms with Crippen molar-refractivity contribution in [1.29, 1.82) is 0 Å². The summed E-state index contributed by atoms with van der Waals surface area (Å²) in [6.45, 7) is 0. The van der Waals surface area contributed by atoms with Crippen molar-refractivity contribution in [3.05, 3.63) is 29.8 Å². The van der Waals surface area contributed by atoms with Crippen molar-refractivity contribution in [3.8, 4) is 0 Å². The minimum Gasteiger partial charge on any atom is -0.478 e. The number of carboxylic acids is 1. The van der Waals surface area contributed by atoms with Crippen LogP contribution in [0.25, 0.3) is 0 Å². The minimum absolute atomic E-state index is 0.324. The van der Waals surface area contributed by atoms with Gasteiger partial charge in [-0.05, 0) is 12.1 Å². The number of hydrogen-bond acceptors (Lipinski definition) is 3. The summed E-state index contributed by atoms with van der Waals surface area (Å²) in [5.41, 5.74) is 0.324. The van der Waals surface area contributed by atoms with Gasteiger partial charge in [0.15, 0.2) is 0 Å². The van der Waals surface area contributed by atoms with Gasteiger partial charge in [-0.2, -0.15) is 0 Å². The first kappa shape index (κ1) is 10.1. The highest BCUT2D eigenvalue weighted by Gasteiger charge is 2.08. The molecule has 0 amide bonds. The number of ether oxygens (including phenoxy) is 1. The fourth-order valence-electron chi connectivity index (χ4n) is 0.892. The molecule has 0 saturated carbocycles. The molecule has 3 nitrogen and oxygen atoms in total. The Bertz CT molecular complexity index is 299. The molecular formula is C9H10O3S. The van der Waals surface area contributed by atoms with Crippen LogP contribution in [0.2, 0.25) is 0 Å². The molecule has 0 aliphatic rings. The van der Waals surface area contributed by atoms with E-state index >= 15 is 0 Å². The number of benzene rings is 1. The summed E-state index contributed by atoms with van der Waals surface area (Å²) in [6.07, 6.45) is 0. The van der Waals surface area contributed by atoms with Crippen LogP contribution >= 0.6 is 11.8 Å². The van der Waals surface area contributed by atoms with Gasteiger partial charge >= 0.3 is 5.97 Å². The molecule has 1 aromatic carbocycles. The zero-order chi connectivity index (χ0) is 9.68. The Morgan fingerprint density at radius 2 is 2.23 bits per heavy atom. The predicted octanol–water partition coefficient (Wildman–Crippen LogP) is 2.08. The Morgan fingerprint density at radius 1 is 1.54 bits per heavy atom. The molecule has 1 aromatic rings. The maximum Gasteiger partial charge on any atom is 0.336 e. The van der Waals surface area contributed by atoms with Crippen molar-refractivity contribution in [2.24, 2.45) is 0 Å². The molecular weight excluding hydrogens is 188 g/mol. The van der Waals surface area contributed by atoms with Crippen LogP contribution in [0.4, 0.5) is 0 Å². The first-order valence-electron chi connectivity index (χ1n) is 3.69. The number of hydrogen-bond donors (Lipinski definition) is 1. The fraction of sp³-hybridized carbons (Fsp3) is 0.222. The van der Waals surface area contributed by atoms with E-state index in [-0.39, 0.29) is 0 Å². The highest BCUT2D eigenvalue weighted by atomic mass is 32.2. The van der Waals surface area contributed by atoms with Crippen molar-refractivity contribution in [2.45, 2.75) is 4.90 Å². The third-order valence-electron chi connectivity index (χ3n) is 1.45. The molecule has 0 bridgehead atoms. The van der Waals surface area contributed by atoms with Crippen molar-refractivity contribution in [2.75, 3.05) is 13.0 Å². The van der Waals surface area contributed by atoms with E-state index in [0.717, 1.165) is 4.90 Å². The van der Waals surface area contributed by atoms with Gasteiger partial charge in [0.05, 0.1) is 11.5 Å². The summed E-state index contributed by atoms with van der Waals surface area (Å²) in [7, 11) is 1.58. The second kappa shape index (κ2) is 4.89. The standard InChI is InChI=1S/C9H10O3S/c1-12-6-13-8-5-3-2-4-7(8)9(10)11/h2-5H,6H2,1H3,(H,10,11). The topological polar surface area (TPSA) is 46.5 Å². The predicted molar refractivity (Wildman–Crippen MR) is 51.1 cm³/mol. The molecule has 0 atom stereocenters. The molecule has 0 heterocycles. The quantitative estimate of drug-likeness (QED) is 0.594. The monoisotopic (exact) mass is 198 g/mol. The highest BCUT2D eigenvalue weighted by molar-refractivity contribution is 7.99. The Hall–Kier alpha value is -1.00. The van der Waals surface area contributed by atoms with Crippen LogP contribution in [0.1, 0.15) is 10.4 Å². The zero-order valence-electron chi connectivity index (χ0n) is 7.19. The largest absolute Gasteiger partial charge is 0.478 e. The Kier molecular flexibility index (Phi) is 3.79. The van der Waals surface area contributed by atoms with Gasteiger partial charge in [-0.3, -0.25) is 0 Å². The molecule has 0 fully saturated rings. The first-order chi connectivity index (χ1) is 6.25. The normalized spacial score (nSPS) is 9.92. The van der Waals surface area contributed by atoms with Crippen molar-refractivity contribution in [1.82, 2.24) is 0 Å². The van der Waals surface area contributed by atoms with Crippen LogP contribution in [0.3, 0.4) is 0 Å². The van der Waals surface area contributed by atoms with Crippen LogP contribution in [0, 0.1) is 0 Å². The lowest BCUT2D eigenvalue weighted by molar-refractivity contribution is 0.0693. The van der Waals surface area contributed by atoms with Crippen LogP contribution in [0.5, 0.6) is 0 Å². The molecule has 0 aliphatic heterocycles. The summed E-state index contributed by atoms with van der Waals surface area (Å²) in [4.78, 5) is 11.5. The highest BCUT2D eigenvalue weighted by Crippen LogP contribution is 2.22. The van der Waals surface area contributed by atoms with Crippen LogP contribution in [0.15, 0.2) is 29.2 Å². The van der Waals surface area contributed by atoms with Gasteiger partial charge in [0.25, 0.3) is 0 Å². The third kappa shape index (κ3) is 2.75. The van der Waals surface area contributed by atoms with E-state index < -0.39 is 5.97 Å². The summed E-state index contributed by atoms with van der Waals surface area (Å²) in [5.74, 6) is -0.441. The van der Waals surface area contributed by atoms with Crippen molar-refractivity contribution in [3.63, 3.8) is 0 Å². The molecule has 0 radical (unpaired) electrons. The van der Waals surface area contributed by atoms with Gasteiger partial charge in [-0.1, -0.05) is 23.9 Å².